The molecule has 6 heteroatoms. The Morgan fingerprint density at radius 2 is 1.66 bits per heavy atom. The smallest absolute Gasteiger partial charge is 0.155 e. The fourth-order valence-electron chi connectivity index (χ4n) is 4.11. The highest BCUT2D eigenvalue weighted by atomic mass is 16.6. The first-order valence-corrected chi connectivity index (χ1v) is 10.2. The Morgan fingerprint density at radius 1 is 0.931 bits per heavy atom. The number of aliphatic hydroxyl groups is 2. The van der Waals surface area contributed by atoms with Gasteiger partial charge < -0.3 is 29.2 Å². The molecule has 1 saturated carbocycles. The summed E-state index contributed by atoms with van der Waals surface area (Å²) in [7, 11) is 0. The molecule has 4 rings (SSSR count). The summed E-state index contributed by atoms with van der Waals surface area (Å²) in [4.78, 5) is 0. The van der Waals surface area contributed by atoms with Crippen LogP contribution >= 0.6 is 0 Å². The maximum atomic E-state index is 10.2. The zero-order valence-corrected chi connectivity index (χ0v) is 16.3. The molecule has 2 fully saturated rings. The summed E-state index contributed by atoms with van der Waals surface area (Å²) in [6, 6.07) is 19.4. The first kappa shape index (κ1) is 20.3. The highest BCUT2D eigenvalue weighted by Gasteiger charge is 2.50. The largest absolute Gasteiger partial charge is 0.491 e. The molecule has 2 aromatic rings. The summed E-state index contributed by atoms with van der Waals surface area (Å²) in [5.74, 6) is 0.750. The lowest BCUT2D eigenvalue weighted by atomic mass is 9.97. The molecule has 2 aromatic carbocycles. The molecule has 5 unspecified atom stereocenters. The van der Waals surface area contributed by atoms with Gasteiger partial charge in [0.15, 0.2) is 6.29 Å². The predicted octanol–water partition coefficient (Wildman–Crippen LogP) is 2.52. The number of rotatable bonds is 9. The van der Waals surface area contributed by atoms with Gasteiger partial charge in [-0.15, -0.1) is 0 Å². The van der Waals surface area contributed by atoms with Crippen molar-refractivity contribution in [2.45, 2.75) is 50.2 Å². The predicted molar refractivity (Wildman–Crippen MR) is 106 cm³/mol. The first-order valence-electron chi connectivity index (χ1n) is 10.2. The van der Waals surface area contributed by atoms with Crippen LogP contribution in [0.15, 0.2) is 60.7 Å². The number of fused-ring (bicyclic) bond motifs is 2. The van der Waals surface area contributed by atoms with Crippen molar-refractivity contribution in [3.8, 4) is 5.75 Å². The number of benzene rings is 2. The molecule has 0 amide bonds. The number of hydrogen-bond acceptors (Lipinski definition) is 6. The highest BCUT2D eigenvalue weighted by molar-refractivity contribution is 5.20. The van der Waals surface area contributed by atoms with E-state index in [0.717, 1.165) is 5.56 Å². The van der Waals surface area contributed by atoms with Crippen LogP contribution in [0.2, 0.25) is 0 Å². The fraction of sp³-hybridized carbons (Fsp3) is 0.478. The SMILES string of the molecule is OC(COc1ccccc1)COC1C2CC(O)O[C@@H]1CC2OCc1ccccc1. The van der Waals surface area contributed by atoms with Crippen molar-refractivity contribution in [1.29, 1.82) is 0 Å². The van der Waals surface area contributed by atoms with E-state index in [-0.39, 0.29) is 37.4 Å². The molecule has 156 valence electrons. The lowest BCUT2D eigenvalue weighted by Crippen LogP contribution is -2.43. The monoisotopic (exact) mass is 400 g/mol. The van der Waals surface area contributed by atoms with Crippen LogP contribution < -0.4 is 4.74 Å². The van der Waals surface area contributed by atoms with Gasteiger partial charge in [0, 0.05) is 18.8 Å². The number of ether oxygens (including phenoxy) is 4. The molecule has 0 spiro atoms. The second-order valence-electron chi connectivity index (χ2n) is 7.68. The molecule has 1 aliphatic carbocycles. The van der Waals surface area contributed by atoms with Gasteiger partial charge in [-0.25, -0.2) is 0 Å². The van der Waals surface area contributed by atoms with Crippen LogP contribution in [-0.2, 0) is 20.8 Å². The van der Waals surface area contributed by atoms with Gasteiger partial charge in [-0.3, -0.25) is 0 Å². The molecule has 2 aliphatic rings. The molecule has 6 nitrogen and oxygen atoms in total. The second kappa shape index (κ2) is 9.69. The third-order valence-electron chi connectivity index (χ3n) is 5.51. The number of aliphatic hydroxyl groups excluding tert-OH is 2. The van der Waals surface area contributed by atoms with E-state index in [9.17, 15) is 10.2 Å². The van der Waals surface area contributed by atoms with E-state index < -0.39 is 12.4 Å². The van der Waals surface area contributed by atoms with Crippen molar-refractivity contribution in [1.82, 2.24) is 0 Å². The zero-order valence-electron chi connectivity index (χ0n) is 16.3. The molecular weight excluding hydrogens is 372 g/mol. The first-order chi connectivity index (χ1) is 14.2. The number of para-hydroxylation sites is 1. The van der Waals surface area contributed by atoms with E-state index in [2.05, 4.69) is 0 Å². The number of hydrogen-bond donors (Lipinski definition) is 2. The molecule has 2 N–H and O–H groups in total. The standard InChI is InChI=1S/C23H28O6/c24-17(14-26-18-9-5-2-6-10-18)15-28-23-19-11-22(25)29-21(23)12-20(19)27-13-16-7-3-1-4-8-16/h1-10,17,19-25H,11-15H2/t17?,19?,20?,21-,22?,23?/m1/s1. The Bertz CT molecular complexity index is 740. The molecule has 0 radical (unpaired) electrons. The molecule has 1 saturated heterocycles. The van der Waals surface area contributed by atoms with Crippen LogP contribution in [0.4, 0.5) is 0 Å². The minimum Gasteiger partial charge on any atom is -0.491 e. The second-order valence-corrected chi connectivity index (χ2v) is 7.68. The van der Waals surface area contributed by atoms with E-state index in [1.165, 1.54) is 0 Å². The van der Waals surface area contributed by atoms with E-state index in [0.29, 0.717) is 25.2 Å². The van der Waals surface area contributed by atoms with Crippen LogP contribution in [0, 0.1) is 5.92 Å². The summed E-state index contributed by atoms with van der Waals surface area (Å²) in [6.07, 6.45) is -0.864. The Morgan fingerprint density at radius 3 is 2.41 bits per heavy atom. The van der Waals surface area contributed by atoms with Crippen LogP contribution in [0.5, 0.6) is 5.75 Å². The minimum atomic E-state index is -0.790. The summed E-state index contributed by atoms with van der Waals surface area (Å²) in [5, 5.41) is 20.2. The lowest BCUT2D eigenvalue weighted by molar-refractivity contribution is -0.215. The van der Waals surface area contributed by atoms with Gasteiger partial charge in [-0.1, -0.05) is 48.5 Å². The van der Waals surface area contributed by atoms with Crippen molar-refractivity contribution in [2.75, 3.05) is 13.2 Å². The topological polar surface area (TPSA) is 77.4 Å². The third kappa shape index (κ3) is 5.35. The van der Waals surface area contributed by atoms with Crippen molar-refractivity contribution in [3.05, 3.63) is 66.2 Å². The van der Waals surface area contributed by atoms with Gasteiger partial charge in [0.05, 0.1) is 31.5 Å². The molecule has 0 aromatic heterocycles. The molecule has 6 atom stereocenters. The van der Waals surface area contributed by atoms with Crippen molar-refractivity contribution < 1.29 is 29.2 Å². The summed E-state index contributed by atoms with van der Waals surface area (Å²) >= 11 is 0. The van der Waals surface area contributed by atoms with E-state index in [1.54, 1.807) is 0 Å². The van der Waals surface area contributed by atoms with Crippen molar-refractivity contribution >= 4 is 0 Å². The maximum absolute atomic E-state index is 10.2. The summed E-state index contributed by atoms with van der Waals surface area (Å²) in [6.45, 7) is 0.823. The van der Waals surface area contributed by atoms with Gasteiger partial charge in [-0.2, -0.15) is 0 Å². The van der Waals surface area contributed by atoms with Crippen molar-refractivity contribution in [3.63, 3.8) is 0 Å². The lowest BCUT2D eigenvalue weighted by Gasteiger charge is -2.34. The Balaban J connectivity index is 1.28. The average Bonchev–Trinajstić information content (AvgIpc) is 2.96. The van der Waals surface area contributed by atoms with Crippen LogP contribution in [0.1, 0.15) is 18.4 Å². The molecule has 2 bridgehead atoms. The van der Waals surface area contributed by atoms with Gasteiger partial charge in [0.1, 0.15) is 18.5 Å². The summed E-state index contributed by atoms with van der Waals surface area (Å²) in [5.41, 5.74) is 1.11. The molecule has 1 aliphatic heterocycles. The average molecular weight is 400 g/mol. The van der Waals surface area contributed by atoms with Crippen LogP contribution in [0.25, 0.3) is 0 Å². The Hall–Kier alpha value is -1.96. The van der Waals surface area contributed by atoms with Gasteiger partial charge in [0.25, 0.3) is 0 Å². The van der Waals surface area contributed by atoms with Crippen molar-refractivity contribution in [2.24, 2.45) is 5.92 Å². The normalized spacial score (nSPS) is 29.5. The quantitative estimate of drug-likeness (QED) is 0.674. The maximum Gasteiger partial charge on any atom is 0.155 e. The van der Waals surface area contributed by atoms with Gasteiger partial charge in [0.2, 0.25) is 0 Å². The molecular formula is C23H28O6. The van der Waals surface area contributed by atoms with E-state index >= 15 is 0 Å². The fourth-order valence-corrected chi connectivity index (χ4v) is 4.11. The van der Waals surface area contributed by atoms with Crippen LogP contribution in [0.3, 0.4) is 0 Å². The van der Waals surface area contributed by atoms with Gasteiger partial charge >= 0.3 is 0 Å². The van der Waals surface area contributed by atoms with Crippen LogP contribution in [-0.4, -0.2) is 54.1 Å². The van der Waals surface area contributed by atoms with Gasteiger partial charge in [-0.05, 0) is 17.7 Å². The van der Waals surface area contributed by atoms with E-state index in [1.807, 2.05) is 60.7 Å². The zero-order chi connectivity index (χ0) is 20.1. The highest BCUT2D eigenvalue weighted by Crippen LogP contribution is 2.41. The molecule has 29 heavy (non-hydrogen) atoms. The van der Waals surface area contributed by atoms with E-state index in [4.69, 9.17) is 18.9 Å². The minimum absolute atomic E-state index is 0.0368. The molecule has 1 heterocycles. The Labute approximate surface area is 171 Å². The Kier molecular flexibility index (Phi) is 6.79. The summed E-state index contributed by atoms with van der Waals surface area (Å²) < 4.78 is 23.4. The third-order valence-corrected chi connectivity index (χ3v) is 5.51.